The van der Waals surface area contributed by atoms with E-state index in [1.54, 1.807) is 11.3 Å². The first-order chi connectivity index (χ1) is 10.7. The molecule has 0 radical (unpaired) electrons. The fraction of sp³-hybridized carbons (Fsp3) is 0.429. The lowest BCUT2D eigenvalue weighted by molar-refractivity contribution is 0.312. The minimum absolute atomic E-state index is 0.735. The number of likely N-dealkylation sites (N-methyl/N-ethyl adjacent to an activating group) is 1. The minimum atomic E-state index is 0.735. The van der Waals surface area contributed by atoms with Crippen molar-refractivity contribution in [1.82, 2.24) is 29.9 Å². The number of aryl methyl sites for hydroxylation is 1. The van der Waals surface area contributed by atoms with Crippen LogP contribution in [0.1, 0.15) is 5.69 Å². The Hall–Kier alpha value is -2.06. The maximum absolute atomic E-state index is 4.83. The van der Waals surface area contributed by atoms with Gasteiger partial charge >= 0.3 is 0 Å². The highest BCUT2D eigenvalue weighted by Crippen LogP contribution is 2.30. The van der Waals surface area contributed by atoms with Crippen LogP contribution in [0.15, 0.2) is 17.5 Å². The number of aromatic nitrogens is 5. The predicted octanol–water partition coefficient (Wildman–Crippen LogP) is 1.31. The Morgan fingerprint density at radius 1 is 1.18 bits per heavy atom. The maximum atomic E-state index is 4.83. The standard InChI is InChI=1S/C14H17N7S/c1-10-12(11-4-3-9-22-11)21-14(16-17-18-21)13(15-10)20-7-5-19(2)6-8-20/h3-4,9H,5-8H2,1-2H3. The topological polar surface area (TPSA) is 62.5 Å². The summed E-state index contributed by atoms with van der Waals surface area (Å²) in [4.78, 5) is 10.6. The lowest BCUT2D eigenvalue weighted by atomic mass is 10.2. The Kier molecular flexibility index (Phi) is 3.27. The van der Waals surface area contributed by atoms with E-state index in [1.807, 2.05) is 17.5 Å². The molecular formula is C14H17N7S. The quantitative estimate of drug-likeness (QED) is 0.710. The van der Waals surface area contributed by atoms with E-state index in [-0.39, 0.29) is 0 Å². The van der Waals surface area contributed by atoms with Crippen LogP contribution in [0.3, 0.4) is 0 Å². The van der Waals surface area contributed by atoms with Crippen LogP contribution in [-0.4, -0.2) is 63.2 Å². The van der Waals surface area contributed by atoms with Crippen molar-refractivity contribution >= 4 is 22.8 Å². The summed E-state index contributed by atoms with van der Waals surface area (Å²) in [5.41, 5.74) is 2.67. The number of thiophene rings is 1. The molecule has 22 heavy (non-hydrogen) atoms. The minimum Gasteiger partial charge on any atom is -0.351 e. The molecule has 0 aliphatic carbocycles. The fourth-order valence-electron chi connectivity index (χ4n) is 2.82. The average molecular weight is 315 g/mol. The van der Waals surface area contributed by atoms with Crippen LogP contribution in [0.2, 0.25) is 0 Å². The zero-order valence-corrected chi connectivity index (χ0v) is 13.4. The Bertz CT molecular complexity index is 787. The molecule has 4 heterocycles. The number of hydrogen-bond donors (Lipinski definition) is 0. The van der Waals surface area contributed by atoms with Crippen molar-refractivity contribution in [3.8, 4) is 10.6 Å². The Balaban J connectivity index is 1.85. The molecule has 1 aliphatic heterocycles. The van der Waals surface area contributed by atoms with E-state index >= 15 is 0 Å². The summed E-state index contributed by atoms with van der Waals surface area (Å²) in [6, 6.07) is 4.11. The summed E-state index contributed by atoms with van der Waals surface area (Å²) in [5, 5.41) is 14.3. The van der Waals surface area contributed by atoms with Gasteiger partial charge in [-0.3, -0.25) is 0 Å². The van der Waals surface area contributed by atoms with Gasteiger partial charge in [0.25, 0.3) is 0 Å². The van der Waals surface area contributed by atoms with E-state index in [0.29, 0.717) is 0 Å². The molecule has 0 aromatic carbocycles. The third kappa shape index (κ3) is 2.15. The van der Waals surface area contributed by atoms with E-state index in [4.69, 9.17) is 4.98 Å². The summed E-state index contributed by atoms with van der Waals surface area (Å²) in [5.74, 6) is 0.885. The average Bonchev–Trinajstić information content (AvgIpc) is 3.18. The second-order valence-corrected chi connectivity index (χ2v) is 6.50. The van der Waals surface area contributed by atoms with Crippen molar-refractivity contribution in [3.63, 3.8) is 0 Å². The summed E-state index contributed by atoms with van der Waals surface area (Å²) in [6.07, 6.45) is 0. The number of rotatable bonds is 2. The molecule has 0 amide bonds. The highest BCUT2D eigenvalue weighted by atomic mass is 32.1. The molecule has 3 aromatic heterocycles. The summed E-state index contributed by atoms with van der Waals surface area (Å²) < 4.78 is 1.82. The van der Waals surface area contributed by atoms with Crippen molar-refractivity contribution in [1.29, 1.82) is 0 Å². The molecule has 1 saturated heterocycles. The molecule has 114 valence electrons. The number of nitrogens with zero attached hydrogens (tertiary/aromatic N) is 7. The van der Waals surface area contributed by atoms with Gasteiger partial charge in [0.1, 0.15) is 5.69 Å². The van der Waals surface area contributed by atoms with E-state index in [0.717, 1.165) is 53.9 Å². The van der Waals surface area contributed by atoms with Crippen LogP contribution in [0, 0.1) is 6.92 Å². The first kappa shape index (κ1) is 13.6. The van der Waals surface area contributed by atoms with Crippen LogP contribution in [0.25, 0.3) is 16.2 Å². The van der Waals surface area contributed by atoms with Gasteiger partial charge in [0.2, 0.25) is 5.65 Å². The summed E-state index contributed by atoms with van der Waals surface area (Å²) >= 11 is 1.67. The molecular weight excluding hydrogens is 298 g/mol. The van der Waals surface area contributed by atoms with Crippen LogP contribution in [0.5, 0.6) is 0 Å². The number of tetrazole rings is 1. The zero-order valence-electron chi connectivity index (χ0n) is 12.6. The molecule has 4 rings (SSSR count). The van der Waals surface area contributed by atoms with Gasteiger partial charge in [-0.1, -0.05) is 6.07 Å². The molecule has 7 nitrogen and oxygen atoms in total. The van der Waals surface area contributed by atoms with E-state index in [2.05, 4.69) is 43.8 Å². The smallest absolute Gasteiger partial charge is 0.222 e. The fourth-order valence-corrected chi connectivity index (χ4v) is 3.63. The van der Waals surface area contributed by atoms with Crippen LogP contribution < -0.4 is 4.90 Å². The van der Waals surface area contributed by atoms with Crippen molar-refractivity contribution in [2.24, 2.45) is 0 Å². The third-order valence-electron chi connectivity index (χ3n) is 4.06. The van der Waals surface area contributed by atoms with Crippen LogP contribution in [0.4, 0.5) is 5.82 Å². The molecule has 0 spiro atoms. The highest BCUT2D eigenvalue weighted by molar-refractivity contribution is 7.13. The molecule has 3 aromatic rings. The van der Waals surface area contributed by atoms with Crippen LogP contribution >= 0.6 is 11.3 Å². The summed E-state index contributed by atoms with van der Waals surface area (Å²) in [7, 11) is 2.14. The third-order valence-corrected chi connectivity index (χ3v) is 4.93. The van der Waals surface area contributed by atoms with Gasteiger partial charge in [0, 0.05) is 26.2 Å². The lowest BCUT2D eigenvalue weighted by Gasteiger charge is -2.33. The molecule has 1 aliphatic rings. The van der Waals surface area contributed by atoms with Gasteiger partial charge in [-0.05, 0) is 35.8 Å². The lowest BCUT2D eigenvalue weighted by Crippen LogP contribution is -2.45. The number of fused-ring (bicyclic) bond motifs is 1. The normalized spacial score (nSPS) is 16.5. The highest BCUT2D eigenvalue weighted by Gasteiger charge is 2.23. The first-order valence-corrected chi connectivity index (χ1v) is 8.18. The van der Waals surface area contributed by atoms with E-state index < -0.39 is 0 Å². The predicted molar refractivity (Wildman–Crippen MR) is 86.3 cm³/mol. The summed E-state index contributed by atoms with van der Waals surface area (Å²) in [6.45, 7) is 5.98. The molecule has 0 bridgehead atoms. The maximum Gasteiger partial charge on any atom is 0.222 e. The number of anilines is 1. The van der Waals surface area contributed by atoms with E-state index in [9.17, 15) is 0 Å². The second-order valence-electron chi connectivity index (χ2n) is 5.55. The number of hydrogen-bond acceptors (Lipinski definition) is 7. The number of piperazine rings is 1. The van der Waals surface area contributed by atoms with E-state index in [1.165, 1.54) is 0 Å². The molecule has 8 heteroatoms. The van der Waals surface area contributed by atoms with Gasteiger partial charge < -0.3 is 9.80 Å². The van der Waals surface area contributed by atoms with Crippen molar-refractivity contribution in [2.45, 2.75) is 6.92 Å². The Morgan fingerprint density at radius 3 is 2.73 bits per heavy atom. The largest absolute Gasteiger partial charge is 0.351 e. The van der Waals surface area contributed by atoms with Crippen molar-refractivity contribution < 1.29 is 0 Å². The molecule has 1 fully saturated rings. The van der Waals surface area contributed by atoms with Crippen molar-refractivity contribution in [3.05, 3.63) is 23.2 Å². The SMILES string of the molecule is Cc1nc(N2CCN(C)CC2)c2nnnn2c1-c1cccs1. The Labute approximate surface area is 132 Å². The van der Waals surface area contributed by atoms with Crippen LogP contribution in [-0.2, 0) is 0 Å². The first-order valence-electron chi connectivity index (χ1n) is 7.30. The molecule has 0 atom stereocenters. The second kappa shape index (κ2) is 5.29. The Morgan fingerprint density at radius 2 is 2.00 bits per heavy atom. The van der Waals surface area contributed by atoms with Gasteiger partial charge in [-0.2, -0.15) is 4.52 Å². The van der Waals surface area contributed by atoms with Gasteiger partial charge in [0.05, 0.1) is 10.6 Å². The molecule has 0 saturated carbocycles. The van der Waals surface area contributed by atoms with Gasteiger partial charge in [-0.25, -0.2) is 4.98 Å². The monoisotopic (exact) mass is 315 g/mol. The molecule has 0 unspecified atom stereocenters. The van der Waals surface area contributed by atoms with Gasteiger partial charge in [-0.15, -0.1) is 16.4 Å². The molecule has 0 N–H and O–H groups in total. The van der Waals surface area contributed by atoms with Crippen molar-refractivity contribution in [2.75, 3.05) is 38.1 Å². The van der Waals surface area contributed by atoms with Gasteiger partial charge in [0.15, 0.2) is 5.82 Å². The zero-order chi connectivity index (χ0) is 15.1.